The lowest BCUT2D eigenvalue weighted by Crippen LogP contribution is -2.23. The second-order valence-electron chi connectivity index (χ2n) is 5.09. The first-order valence-electron chi connectivity index (χ1n) is 6.94. The van der Waals surface area contributed by atoms with Crippen LogP contribution in [-0.4, -0.2) is 6.54 Å². The fraction of sp³-hybridized carbons (Fsp3) is 0.294. The Balaban J connectivity index is 2.30. The smallest absolute Gasteiger partial charge is 0.142 e. The second-order valence-corrected chi connectivity index (χ2v) is 6.35. The molecule has 0 heterocycles. The van der Waals surface area contributed by atoms with Crippen molar-refractivity contribution in [3.63, 3.8) is 0 Å². The van der Waals surface area contributed by atoms with Crippen molar-refractivity contribution in [2.45, 2.75) is 26.3 Å². The molecule has 1 nitrogen and oxygen atoms in total. The van der Waals surface area contributed by atoms with E-state index in [2.05, 4.69) is 53.3 Å². The molecule has 2 aromatic carbocycles. The molecular weight excluding hydrogens is 353 g/mol. The van der Waals surface area contributed by atoms with Crippen LogP contribution in [0.4, 0.5) is 4.39 Å². The molecule has 0 amide bonds. The van der Waals surface area contributed by atoms with Crippen LogP contribution in [-0.2, 0) is 6.42 Å². The van der Waals surface area contributed by atoms with Gasteiger partial charge in [0, 0.05) is 10.5 Å². The number of benzene rings is 2. The van der Waals surface area contributed by atoms with Crippen molar-refractivity contribution in [3.05, 3.63) is 68.4 Å². The van der Waals surface area contributed by atoms with Crippen molar-refractivity contribution >= 4 is 27.5 Å². The number of hydrogen-bond donors (Lipinski definition) is 1. The molecule has 1 atom stereocenters. The van der Waals surface area contributed by atoms with E-state index in [1.54, 1.807) is 6.07 Å². The standard InChI is InChI=1S/C17H18BrClFN/c1-3-21-17(13-8-11(2)4-6-14(13)18)10-12-5-7-15(19)16(20)9-12/h4-9,17,21H,3,10H2,1-2H3. The molecule has 0 saturated carbocycles. The van der Waals surface area contributed by atoms with E-state index in [1.165, 1.54) is 17.2 Å². The Bertz CT molecular complexity index is 630. The van der Waals surface area contributed by atoms with E-state index in [-0.39, 0.29) is 16.9 Å². The monoisotopic (exact) mass is 369 g/mol. The quantitative estimate of drug-likeness (QED) is 0.738. The largest absolute Gasteiger partial charge is 0.310 e. The lowest BCUT2D eigenvalue weighted by Gasteiger charge is -2.20. The maximum atomic E-state index is 13.6. The van der Waals surface area contributed by atoms with Gasteiger partial charge in [-0.05, 0) is 49.2 Å². The van der Waals surface area contributed by atoms with Crippen LogP contribution in [0.1, 0.15) is 29.7 Å². The van der Waals surface area contributed by atoms with Crippen molar-refractivity contribution in [2.24, 2.45) is 0 Å². The van der Waals surface area contributed by atoms with Gasteiger partial charge >= 0.3 is 0 Å². The van der Waals surface area contributed by atoms with Gasteiger partial charge in [0.05, 0.1) is 5.02 Å². The molecule has 0 aliphatic heterocycles. The number of rotatable bonds is 5. The highest BCUT2D eigenvalue weighted by Crippen LogP contribution is 2.28. The Morgan fingerprint density at radius 3 is 2.67 bits per heavy atom. The van der Waals surface area contributed by atoms with Gasteiger partial charge in [-0.3, -0.25) is 0 Å². The van der Waals surface area contributed by atoms with Crippen molar-refractivity contribution in [3.8, 4) is 0 Å². The molecule has 4 heteroatoms. The zero-order chi connectivity index (χ0) is 15.4. The Morgan fingerprint density at radius 2 is 2.00 bits per heavy atom. The number of nitrogens with one attached hydrogen (secondary N) is 1. The second kappa shape index (κ2) is 7.39. The first-order chi connectivity index (χ1) is 10.0. The number of likely N-dealkylation sites (N-methyl/N-ethyl adjacent to an activating group) is 1. The van der Waals surface area contributed by atoms with Gasteiger partial charge in [-0.15, -0.1) is 0 Å². The maximum absolute atomic E-state index is 13.6. The zero-order valence-corrected chi connectivity index (χ0v) is 14.4. The SMILES string of the molecule is CCNC(Cc1ccc(Cl)c(F)c1)c1cc(C)ccc1Br. The Morgan fingerprint density at radius 1 is 1.24 bits per heavy atom. The van der Waals surface area contributed by atoms with Crippen LogP contribution in [0.3, 0.4) is 0 Å². The minimum atomic E-state index is -0.368. The molecule has 1 unspecified atom stereocenters. The molecule has 0 aliphatic rings. The molecule has 0 bridgehead atoms. The van der Waals surface area contributed by atoms with Gasteiger partial charge in [0.2, 0.25) is 0 Å². The highest BCUT2D eigenvalue weighted by molar-refractivity contribution is 9.10. The molecule has 0 fully saturated rings. The summed E-state index contributed by atoms with van der Waals surface area (Å²) in [5.74, 6) is -0.368. The molecule has 0 radical (unpaired) electrons. The summed E-state index contributed by atoms with van der Waals surface area (Å²) in [6.45, 7) is 4.99. The maximum Gasteiger partial charge on any atom is 0.142 e. The summed E-state index contributed by atoms with van der Waals surface area (Å²) in [6, 6.07) is 11.4. The molecule has 21 heavy (non-hydrogen) atoms. The summed E-state index contributed by atoms with van der Waals surface area (Å²) in [5, 5.41) is 3.63. The van der Waals surface area contributed by atoms with Crippen LogP contribution in [0.15, 0.2) is 40.9 Å². The topological polar surface area (TPSA) is 12.0 Å². The van der Waals surface area contributed by atoms with Gasteiger partial charge in [0.25, 0.3) is 0 Å². The third-order valence-corrected chi connectivity index (χ3v) is 4.43. The van der Waals surface area contributed by atoms with Crippen LogP contribution in [0.2, 0.25) is 5.02 Å². The van der Waals surface area contributed by atoms with E-state index in [0.717, 1.165) is 16.6 Å². The third-order valence-electron chi connectivity index (χ3n) is 3.40. The highest BCUT2D eigenvalue weighted by atomic mass is 79.9. The van der Waals surface area contributed by atoms with E-state index in [4.69, 9.17) is 11.6 Å². The predicted octanol–water partition coefficient (Wildman–Crippen LogP) is 5.44. The van der Waals surface area contributed by atoms with Gasteiger partial charge in [0.15, 0.2) is 0 Å². The normalized spacial score (nSPS) is 12.4. The first kappa shape index (κ1) is 16.5. The van der Waals surface area contributed by atoms with Gasteiger partial charge in [0.1, 0.15) is 5.82 Å². The zero-order valence-electron chi connectivity index (χ0n) is 12.1. The van der Waals surface area contributed by atoms with Crippen LogP contribution < -0.4 is 5.32 Å². The van der Waals surface area contributed by atoms with E-state index in [9.17, 15) is 4.39 Å². The fourth-order valence-corrected chi connectivity index (χ4v) is 3.01. The minimum absolute atomic E-state index is 0.129. The first-order valence-corrected chi connectivity index (χ1v) is 8.11. The molecule has 0 aliphatic carbocycles. The molecule has 2 rings (SSSR count). The van der Waals surface area contributed by atoms with E-state index in [1.807, 2.05) is 6.07 Å². The summed E-state index contributed by atoms with van der Waals surface area (Å²) in [6.07, 6.45) is 0.712. The summed E-state index contributed by atoms with van der Waals surface area (Å²) in [7, 11) is 0. The summed E-state index contributed by atoms with van der Waals surface area (Å²) in [4.78, 5) is 0. The van der Waals surface area contributed by atoms with Crippen LogP contribution in [0.5, 0.6) is 0 Å². The van der Waals surface area contributed by atoms with Crippen molar-refractivity contribution < 1.29 is 4.39 Å². The fourth-order valence-electron chi connectivity index (χ4n) is 2.37. The number of aryl methyl sites for hydroxylation is 1. The Hall–Kier alpha value is -0.900. The van der Waals surface area contributed by atoms with Crippen LogP contribution in [0.25, 0.3) is 0 Å². The molecule has 112 valence electrons. The molecule has 0 spiro atoms. The van der Waals surface area contributed by atoms with Gasteiger partial charge in [-0.2, -0.15) is 0 Å². The predicted molar refractivity (Wildman–Crippen MR) is 90.4 cm³/mol. The third kappa shape index (κ3) is 4.29. The molecular formula is C17H18BrClFN. The minimum Gasteiger partial charge on any atom is -0.310 e. The van der Waals surface area contributed by atoms with Crippen LogP contribution in [0, 0.1) is 12.7 Å². The molecule has 0 saturated heterocycles. The number of hydrogen-bond acceptors (Lipinski definition) is 1. The summed E-state index contributed by atoms with van der Waals surface area (Å²) >= 11 is 9.35. The van der Waals surface area contributed by atoms with Crippen molar-refractivity contribution in [1.29, 1.82) is 0 Å². The lowest BCUT2D eigenvalue weighted by atomic mass is 9.97. The average molecular weight is 371 g/mol. The molecule has 1 N–H and O–H groups in total. The Kier molecular flexibility index (Phi) is 5.80. The van der Waals surface area contributed by atoms with E-state index < -0.39 is 0 Å². The van der Waals surface area contributed by atoms with Gasteiger partial charge < -0.3 is 5.32 Å². The van der Waals surface area contributed by atoms with E-state index in [0.29, 0.717) is 6.42 Å². The van der Waals surface area contributed by atoms with Crippen molar-refractivity contribution in [2.75, 3.05) is 6.54 Å². The summed E-state index contributed by atoms with van der Waals surface area (Å²) in [5.41, 5.74) is 3.32. The van der Waals surface area contributed by atoms with Crippen LogP contribution >= 0.6 is 27.5 Å². The summed E-state index contributed by atoms with van der Waals surface area (Å²) < 4.78 is 14.7. The molecule has 0 aromatic heterocycles. The lowest BCUT2D eigenvalue weighted by molar-refractivity contribution is 0.544. The Labute approximate surface area is 138 Å². The van der Waals surface area contributed by atoms with Crippen molar-refractivity contribution in [1.82, 2.24) is 5.32 Å². The number of halogens is 3. The van der Waals surface area contributed by atoms with Gasteiger partial charge in [-0.1, -0.05) is 58.2 Å². The highest BCUT2D eigenvalue weighted by Gasteiger charge is 2.15. The van der Waals surface area contributed by atoms with Gasteiger partial charge in [-0.25, -0.2) is 4.39 Å². The van der Waals surface area contributed by atoms with E-state index >= 15 is 0 Å². The average Bonchev–Trinajstić information content (AvgIpc) is 2.45. The molecule has 2 aromatic rings.